The number of aromatic carboxylic acids is 1. The summed E-state index contributed by atoms with van der Waals surface area (Å²) < 4.78 is 43.3. The molecule has 1 fully saturated rings. The highest BCUT2D eigenvalue weighted by atomic mass is 19.4. The lowest BCUT2D eigenvalue weighted by molar-refractivity contribution is -0.192. The zero-order valence-corrected chi connectivity index (χ0v) is 19.4. The van der Waals surface area contributed by atoms with Gasteiger partial charge in [-0.2, -0.15) is 13.2 Å². The van der Waals surface area contributed by atoms with E-state index in [1.807, 2.05) is 12.1 Å². The molecule has 194 valence electrons. The smallest absolute Gasteiger partial charge is 0.490 e. The summed E-state index contributed by atoms with van der Waals surface area (Å²) in [5.41, 5.74) is 1.22. The highest BCUT2D eigenvalue weighted by molar-refractivity contribution is 5.87. The van der Waals surface area contributed by atoms with Gasteiger partial charge in [0.05, 0.1) is 6.61 Å². The average molecular weight is 502 g/mol. The van der Waals surface area contributed by atoms with Crippen LogP contribution in [0.4, 0.5) is 13.2 Å². The lowest BCUT2D eigenvalue weighted by Crippen LogP contribution is -2.24. The monoisotopic (exact) mass is 502 g/mol. The van der Waals surface area contributed by atoms with E-state index in [4.69, 9.17) is 24.5 Å². The second-order valence-corrected chi connectivity index (χ2v) is 8.27. The second kappa shape index (κ2) is 12.9. The third-order valence-corrected chi connectivity index (χ3v) is 5.30. The number of rotatable bonds is 9. The summed E-state index contributed by atoms with van der Waals surface area (Å²) in [6.07, 6.45) is -0.395. The van der Waals surface area contributed by atoms with Gasteiger partial charge in [-0.05, 0) is 69.8 Å². The molecule has 3 N–H and O–H groups in total. The van der Waals surface area contributed by atoms with E-state index in [0.717, 1.165) is 51.0 Å². The van der Waals surface area contributed by atoms with Crippen LogP contribution in [-0.4, -0.2) is 82.0 Å². The van der Waals surface area contributed by atoms with Crippen molar-refractivity contribution >= 4 is 11.9 Å². The van der Waals surface area contributed by atoms with Crippen LogP contribution in [0.2, 0.25) is 0 Å². The number of carboxylic acid groups (broad SMARTS) is 2. The molecule has 0 atom stereocenters. The summed E-state index contributed by atoms with van der Waals surface area (Å²) in [6.45, 7) is 1.74. The number of nitrogens with one attached hydrogen (secondary N) is 1. The Balaban J connectivity index is 0.000000540. The molecule has 0 amide bonds. The van der Waals surface area contributed by atoms with Crippen LogP contribution in [0.25, 0.3) is 0 Å². The van der Waals surface area contributed by atoms with E-state index >= 15 is 0 Å². The van der Waals surface area contributed by atoms with Crippen molar-refractivity contribution in [3.8, 4) is 11.6 Å². The van der Waals surface area contributed by atoms with Gasteiger partial charge in [-0.25, -0.2) is 14.7 Å². The van der Waals surface area contributed by atoms with Crippen LogP contribution in [0.15, 0.2) is 24.3 Å². The summed E-state index contributed by atoms with van der Waals surface area (Å²) in [4.78, 5) is 22.1. The standard InChI is InChI=1S/C20H28N4O4.C2HF3O2/c1-24(2)12-3-13-27-16-8-4-14(5-9-16)15-6-10-17(11-7-15)28-19-18(20(25)26)21-23-22-19;3-2(4,5)1(6)7/h4-5,8-9,15,17H,3,6-7,10-13H2,1-2H3,(H,25,26)(H,21,22,23);(H,6,7). The van der Waals surface area contributed by atoms with Gasteiger partial charge < -0.3 is 24.6 Å². The van der Waals surface area contributed by atoms with Crippen molar-refractivity contribution in [3.63, 3.8) is 0 Å². The number of ether oxygens (including phenoxy) is 2. The van der Waals surface area contributed by atoms with Crippen molar-refractivity contribution in [3.05, 3.63) is 35.5 Å². The highest BCUT2D eigenvalue weighted by Gasteiger charge is 2.38. The molecule has 35 heavy (non-hydrogen) atoms. The summed E-state index contributed by atoms with van der Waals surface area (Å²) in [5.74, 6) is -2.40. The van der Waals surface area contributed by atoms with Crippen molar-refractivity contribution in [1.29, 1.82) is 0 Å². The minimum atomic E-state index is -5.08. The molecule has 0 saturated heterocycles. The molecule has 1 aliphatic carbocycles. The summed E-state index contributed by atoms with van der Waals surface area (Å²) in [6, 6.07) is 8.38. The van der Waals surface area contributed by atoms with Crippen LogP contribution in [0.1, 0.15) is 54.1 Å². The minimum absolute atomic E-state index is 0.0289. The number of H-pyrrole nitrogens is 1. The molecule has 1 aliphatic rings. The van der Waals surface area contributed by atoms with Crippen LogP contribution in [0.3, 0.4) is 0 Å². The Labute approximate surface area is 200 Å². The molecule has 0 radical (unpaired) electrons. The molecule has 0 aliphatic heterocycles. The maximum absolute atomic E-state index is 11.1. The lowest BCUT2D eigenvalue weighted by Gasteiger charge is -2.28. The first-order valence-corrected chi connectivity index (χ1v) is 11.0. The average Bonchev–Trinajstić information content (AvgIpc) is 3.26. The Morgan fingerprint density at radius 3 is 2.23 bits per heavy atom. The maximum Gasteiger partial charge on any atom is 0.490 e. The van der Waals surface area contributed by atoms with Gasteiger partial charge >= 0.3 is 18.1 Å². The zero-order chi connectivity index (χ0) is 26.0. The van der Waals surface area contributed by atoms with Crippen LogP contribution in [0, 0.1) is 0 Å². The van der Waals surface area contributed by atoms with Crippen molar-refractivity contribution < 1.29 is 42.4 Å². The summed E-state index contributed by atoms with van der Waals surface area (Å²) in [5, 5.41) is 25.8. The first-order valence-electron chi connectivity index (χ1n) is 11.0. The number of aromatic nitrogens is 3. The van der Waals surface area contributed by atoms with E-state index in [2.05, 4.69) is 46.5 Å². The first-order chi connectivity index (χ1) is 16.5. The van der Waals surface area contributed by atoms with Crippen LogP contribution >= 0.6 is 0 Å². The normalized spacial score (nSPS) is 17.9. The second-order valence-electron chi connectivity index (χ2n) is 8.27. The Morgan fingerprint density at radius 2 is 1.71 bits per heavy atom. The number of nitrogens with zero attached hydrogens (tertiary/aromatic N) is 3. The number of hydrogen-bond donors (Lipinski definition) is 3. The Bertz CT molecular complexity index is 941. The van der Waals surface area contributed by atoms with E-state index < -0.39 is 18.1 Å². The van der Waals surface area contributed by atoms with E-state index in [1.165, 1.54) is 5.56 Å². The Morgan fingerprint density at radius 1 is 1.11 bits per heavy atom. The van der Waals surface area contributed by atoms with Gasteiger partial charge in [-0.3, -0.25) is 0 Å². The molecule has 10 nitrogen and oxygen atoms in total. The summed E-state index contributed by atoms with van der Waals surface area (Å²) in [7, 11) is 4.12. The molecule has 13 heteroatoms. The van der Waals surface area contributed by atoms with E-state index in [1.54, 1.807) is 0 Å². The van der Waals surface area contributed by atoms with E-state index in [9.17, 15) is 18.0 Å². The Kier molecular flexibility index (Phi) is 10.3. The first kappa shape index (κ1) is 27.9. The van der Waals surface area contributed by atoms with Gasteiger partial charge in [-0.1, -0.05) is 22.4 Å². The number of carboxylic acids is 2. The molecule has 1 aromatic heterocycles. The molecule has 0 unspecified atom stereocenters. The molecule has 1 saturated carbocycles. The molecule has 3 rings (SSSR count). The number of carbonyl (C=O) groups is 2. The van der Waals surface area contributed by atoms with Gasteiger partial charge in [0.15, 0.2) is 0 Å². The quantitative estimate of drug-likeness (QED) is 0.439. The van der Waals surface area contributed by atoms with Crippen LogP contribution in [-0.2, 0) is 4.79 Å². The molecule has 0 spiro atoms. The number of hydrogen-bond acceptors (Lipinski definition) is 7. The largest absolute Gasteiger partial charge is 0.494 e. The number of halogens is 3. The topological polar surface area (TPSA) is 138 Å². The Hall–Kier alpha value is -3.35. The predicted molar refractivity (Wildman–Crippen MR) is 118 cm³/mol. The molecule has 0 bridgehead atoms. The maximum atomic E-state index is 11.1. The lowest BCUT2D eigenvalue weighted by atomic mass is 9.83. The van der Waals surface area contributed by atoms with Crippen LogP contribution in [0.5, 0.6) is 11.6 Å². The number of benzene rings is 1. The van der Waals surface area contributed by atoms with Crippen molar-refractivity contribution in [2.75, 3.05) is 27.2 Å². The summed E-state index contributed by atoms with van der Waals surface area (Å²) >= 11 is 0. The fraction of sp³-hybridized carbons (Fsp3) is 0.545. The van der Waals surface area contributed by atoms with Crippen molar-refractivity contribution in [2.24, 2.45) is 0 Å². The minimum Gasteiger partial charge on any atom is -0.494 e. The third-order valence-electron chi connectivity index (χ3n) is 5.30. The van der Waals surface area contributed by atoms with E-state index in [-0.39, 0.29) is 17.7 Å². The molecular formula is C22H29F3N4O6. The van der Waals surface area contributed by atoms with Gasteiger partial charge in [0.1, 0.15) is 11.9 Å². The van der Waals surface area contributed by atoms with Crippen LogP contribution < -0.4 is 9.47 Å². The molecule has 2 aromatic rings. The zero-order valence-electron chi connectivity index (χ0n) is 19.4. The van der Waals surface area contributed by atoms with Gasteiger partial charge in [-0.15, -0.1) is 0 Å². The molecule has 1 heterocycles. The molecular weight excluding hydrogens is 473 g/mol. The SMILES string of the molecule is CN(C)CCCOc1ccc(C2CCC(Oc3nn[nH]c3C(=O)O)CC2)cc1.O=C(O)C(F)(F)F. The van der Waals surface area contributed by atoms with Gasteiger partial charge in [0.25, 0.3) is 5.88 Å². The van der Waals surface area contributed by atoms with Gasteiger partial charge in [0, 0.05) is 6.54 Å². The van der Waals surface area contributed by atoms with Gasteiger partial charge in [0.2, 0.25) is 5.69 Å². The van der Waals surface area contributed by atoms with E-state index in [0.29, 0.717) is 5.92 Å². The fourth-order valence-electron chi connectivity index (χ4n) is 3.52. The number of alkyl halides is 3. The predicted octanol–water partition coefficient (Wildman–Crippen LogP) is 3.57. The fourth-order valence-corrected chi connectivity index (χ4v) is 3.52. The number of aromatic amines is 1. The third kappa shape index (κ3) is 9.43. The molecule has 1 aromatic carbocycles. The van der Waals surface area contributed by atoms with Crippen molar-refractivity contribution in [1.82, 2.24) is 20.3 Å². The highest BCUT2D eigenvalue weighted by Crippen LogP contribution is 2.35. The van der Waals surface area contributed by atoms with Crippen molar-refractivity contribution in [2.45, 2.75) is 50.3 Å². The number of aliphatic carboxylic acids is 1.